The fraction of sp³-hybridized carbons (Fsp3) is 0.0870. The van der Waals surface area contributed by atoms with Gasteiger partial charge >= 0.3 is 0 Å². The van der Waals surface area contributed by atoms with Crippen LogP contribution in [0.1, 0.15) is 29.2 Å². The van der Waals surface area contributed by atoms with Crippen molar-refractivity contribution in [3.05, 3.63) is 108 Å². The molecule has 0 radical (unpaired) electrons. The summed E-state index contributed by atoms with van der Waals surface area (Å²) in [5, 5.41) is 0. The summed E-state index contributed by atoms with van der Waals surface area (Å²) >= 11 is 0. The van der Waals surface area contributed by atoms with Gasteiger partial charge in [-0.2, -0.15) is 0 Å². The maximum atomic E-state index is 12.0. The van der Waals surface area contributed by atoms with Crippen LogP contribution in [0.3, 0.4) is 0 Å². The highest BCUT2D eigenvalue weighted by Crippen LogP contribution is 2.43. The smallest absolute Gasteiger partial charge is 0.147 e. The van der Waals surface area contributed by atoms with E-state index >= 15 is 0 Å². The van der Waals surface area contributed by atoms with E-state index in [-0.39, 0.29) is 5.92 Å². The minimum Gasteiger partial charge on any atom is -0.469 e. The number of benzene rings is 2. The van der Waals surface area contributed by atoms with Crippen LogP contribution >= 0.6 is 0 Å². The quantitative estimate of drug-likeness (QED) is 0.592. The monoisotopic (exact) mass is 326 g/mol. The van der Waals surface area contributed by atoms with Crippen LogP contribution in [0.5, 0.6) is 0 Å². The molecule has 0 amide bonds. The highest BCUT2D eigenvalue weighted by molar-refractivity contribution is 5.99. The molecule has 4 rings (SSSR count). The van der Waals surface area contributed by atoms with Gasteiger partial charge < -0.3 is 4.42 Å². The Morgan fingerprint density at radius 1 is 0.840 bits per heavy atom. The number of furan rings is 1. The van der Waals surface area contributed by atoms with Crippen LogP contribution in [0.2, 0.25) is 0 Å². The standard InChI is InChI=1S/C23H18O2/c24-16-22-20(18-10-5-2-6-11-18)14-19(17-8-3-1-4-9-17)15-21(22)23-12-7-13-25-23/h1-14,16,21H,15H2/t21-/m0/s1. The number of carbonyl (C=O) groups is 1. The van der Waals surface area contributed by atoms with E-state index < -0.39 is 0 Å². The highest BCUT2D eigenvalue weighted by Gasteiger charge is 2.28. The van der Waals surface area contributed by atoms with Crippen LogP contribution in [0.25, 0.3) is 11.1 Å². The molecule has 122 valence electrons. The van der Waals surface area contributed by atoms with Gasteiger partial charge in [0.1, 0.15) is 12.0 Å². The lowest BCUT2D eigenvalue weighted by Gasteiger charge is -2.25. The lowest BCUT2D eigenvalue weighted by atomic mass is 9.78. The second-order valence-corrected chi connectivity index (χ2v) is 6.16. The van der Waals surface area contributed by atoms with E-state index in [9.17, 15) is 4.79 Å². The molecule has 2 nitrogen and oxygen atoms in total. The molecule has 0 aliphatic heterocycles. The van der Waals surface area contributed by atoms with Crippen molar-refractivity contribution in [1.82, 2.24) is 0 Å². The van der Waals surface area contributed by atoms with E-state index in [0.29, 0.717) is 0 Å². The van der Waals surface area contributed by atoms with E-state index in [1.165, 1.54) is 11.1 Å². The lowest BCUT2D eigenvalue weighted by Crippen LogP contribution is -2.11. The summed E-state index contributed by atoms with van der Waals surface area (Å²) in [6.45, 7) is 0. The Labute approximate surface area is 147 Å². The van der Waals surface area contributed by atoms with E-state index in [1.807, 2.05) is 60.7 Å². The second kappa shape index (κ2) is 6.78. The molecule has 0 spiro atoms. The molecule has 3 aromatic rings. The molecule has 0 saturated heterocycles. The Balaban J connectivity index is 1.90. The number of allylic oxidation sites excluding steroid dienone is 4. The van der Waals surface area contributed by atoms with E-state index in [4.69, 9.17) is 4.42 Å². The largest absolute Gasteiger partial charge is 0.469 e. The Morgan fingerprint density at radius 3 is 2.12 bits per heavy atom. The zero-order chi connectivity index (χ0) is 17.1. The third kappa shape index (κ3) is 2.99. The predicted octanol–water partition coefficient (Wildman–Crippen LogP) is 5.50. The fourth-order valence-corrected chi connectivity index (χ4v) is 3.44. The van der Waals surface area contributed by atoms with Gasteiger partial charge in [0.25, 0.3) is 0 Å². The summed E-state index contributed by atoms with van der Waals surface area (Å²) < 4.78 is 5.65. The van der Waals surface area contributed by atoms with Gasteiger partial charge in [-0.15, -0.1) is 0 Å². The summed E-state index contributed by atoms with van der Waals surface area (Å²) in [6, 6.07) is 24.2. The Bertz CT molecular complexity index is 917. The molecule has 1 heterocycles. The first-order chi connectivity index (χ1) is 12.4. The molecule has 0 unspecified atom stereocenters. The maximum absolute atomic E-state index is 12.0. The van der Waals surface area contributed by atoms with Crippen molar-refractivity contribution >= 4 is 17.4 Å². The number of hydrogen-bond acceptors (Lipinski definition) is 2. The third-order valence-electron chi connectivity index (χ3n) is 4.67. The summed E-state index contributed by atoms with van der Waals surface area (Å²) in [7, 11) is 0. The Hall–Kier alpha value is -3.13. The first-order valence-electron chi connectivity index (χ1n) is 8.41. The molecule has 0 N–H and O–H groups in total. The zero-order valence-corrected chi connectivity index (χ0v) is 13.8. The summed E-state index contributed by atoms with van der Waals surface area (Å²) in [5.74, 6) is 0.764. The fourth-order valence-electron chi connectivity index (χ4n) is 3.44. The second-order valence-electron chi connectivity index (χ2n) is 6.16. The molecular formula is C23H18O2. The van der Waals surface area contributed by atoms with Crippen molar-refractivity contribution in [2.24, 2.45) is 0 Å². The molecule has 1 atom stereocenters. The molecule has 0 bridgehead atoms. The first-order valence-corrected chi connectivity index (χ1v) is 8.41. The average Bonchev–Trinajstić information content (AvgIpc) is 3.23. The minimum absolute atomic E-state index is 0.0667. The van der Waals surface area contributed by atoms with Crippen molar-refractivity contribution in [3.63, 3.8) is 0 Å². The van der Waals surface area contributed by atoms with Crippen molar-refractivity contribution in [1.29, 1.82) is 0 Å². The molecule has 1 aliphatic carbocycles. The van der Waals surface area contributed by atoms with E-state index in [1.54, 1.807) is 6.26 Å². The van der Waals surface area contributed by atoms with Crippen LogP contribution in [0.15, 0.2) is 95.1 Å². The Kier molecular flexibility index (Phi) is 4.17. The molecule has 2 heteroatoms. The topological polar surface area (TPSA) is 30.2 Å². The zero-order valence-electron chi connectivity index (χ0n) is 13.8. The number of aldehydes is 1. The summed E-state index contributed by atoms with van der Waals surface area (Å²) in [6.07, 6.45) is 5.55. The molecule has 1 aliphatic rings. The van der Waals surface area contributed by atoms with Gasteiger partial charge in [-0.1, -0.05) is 66.7 Å². The summed E-state index contributed by atoms with van der Waals surface area (Å²) in [4.78, 5) is 12.0. The molecule has 0 saturated carbocycles. The van der Waals surface area contributed by atoms with E-state index in [2.05, 4.69) is 18.2 Å². The Morgan fingerprint density at radius 2 is 1.52 bits per heavy atom. The van der Waals surface area contributed by atoms with Crippen LogP contribution < -0.4 is 0 Å². The van der Waals surface area contributed by atoms with Gasteiger partial charge in [0.05, 0.1) is 6.26 Å². The lowest BCUT2D eigenvalue weighted by molar-refractivity contribution is -0.105. The van der Waals surface area contributed by atoms with Crippen molar-refractivity contribution < 1.29 is 9.21 Å². The van der Waals surface area contributed by atoms with Gasteiger partial charge in [0, 0.05) is 11.5 Å². The number of rotatable bonds is 4. The average molecular weight is 326 g/mol. The highest BCUT2D eigenvalue weighted by atomic mass is 16.3. The minimum atomic E-state index is -0.0667. The van der Waals surface area contributed by atoms with Gasteiger partial charge in [0.2, 0.25) is 0 Å². The van der Waals surface area contributed by atoms with Gasteiger partial charge in [-0.05, 0) is 40.8 Å². The third-order valence-corrected chi connectivity index (χ3v) is 4.67. The normalized spacial score (nSPS) is 17.3. The van der Waals surface area contributed by atoms with Gasteiger partial charge in [-0.25, -0.2) is 0 Å². The maximum Gasteiger partial charge on any atom is 0.147 e. The predicted molar refractivity (Wildman–Crippen MR) is 99.9 cm³/mol. The molecule has 2 aromatic carbocycles. The summed E-state index contributed by atoms with van der Waals surface area (Å²) in [5.41, 5.74) is 5.20. The SMILES string of the molecule is O=CC1=C(c2ccccc2)C=C(c2ccccc2)C[C@@H]1c1ccco1. The van der Waals surface area contributed by atoms with Crippen molar-refractivity contribution in [2.45, 2.75) is 12.3 Å². The van der Waals surface area contributed by atoms with Crippen LogP contribution in [0, 0.1) is 0 Å². The van der Waals surface area contributed by atoms with Gasteiger partial charge in [0.15, 0.2) is 0 Å². The van der Waals surface area contributed by atoms with Gasteiger partial charge in [-0.3, -0.25) is 4.79 Å². The van der Waals surface area contributed by atoms with Crippen LogP contribution in [0.4, 0.5) is 0 Å². The number of hydrogen-bond donors (Lipinski definition) is 0. The van der Waals surface area contributed by atoms with E-state index in [0.717, 1.165) is 35.2 Å². The van der Waals surface area contributed by atoms with Crippen molar-refractivity contribution in [2.75, 3.05) is 0 Å². The first kappa shape index (κ1) is 15.4. The molecule has 0 fully saturated rings. The van der Waals surface area contributed by atoms with Crippen LogP contribution in [-0.2, 0) is 4.79 Å². The molecule has 1 aromatic heterocycles. The molecule has 25 heavy (non-hydrogen) atoms. The molecular weight excluding hydrogens is 308 g/mol. The van der Waals surface area contributed by atoms with Crippen molar-refractivity contribution in [3.8, 4) is 0 Å². The van der Waals surface area contributed by atoms with Crippen LogP contribution in [-0.4, -0.2) is 6.29 Å². The number of carbonyl (C=O) groups excluding carboxylic acids is 1.